The molecule has 3 aliphatic heterocycles. The number of hydrogen-bond donors (Lipinski definition) is 1. The van der Waals surface area contributed by atoms with Gasteiger partial charge in [-0.3, -0.25) is 0 Å². The molecule has 0 aromatic carbocycles. The maximum Gasteiger partial charge on any atom is 0.203 e. The fourth-order valence-electron chi connectivity index (χ4n) is 3.49. The number of nitrogens with one attached hydrogen (secondary N) is 1. The second-order valence-electron chi connectivity index (χ2n) is 6.64. The zero-order chi connectivity index (χ0) is 13.4. The summed E-state index contributed by atoms with van der Waals surface area (Å²) in [6.07, 6.45) is 4.87. The number of anilines is 1. The first-order valence-corrected chi connectivity index (χ1v) is 7.64. The summed E-state index contributed by atoms with van der Waals surface area (Å²) in [4.78, 5) is 7.26. The van der Waals surface area contributed by atoms with Crippen molar-refractivity contribution in [2.75, 3.05) is 25.0 Å². The Morgan fingerprint density at radius 3 is 2.68 bits per heavy atom. The third-order valence-electron chi connectivity index (χ3n) is 4.43. The van der Waals surface area contributed by atoms with Gasteiger partial charge in [-0.2, -0.15) is 0 Å². The van der Waals surface area contributed by atoms with Crippen LogP contribution in [0.5, 0.6) is 0 Å². The van der Waals surface area contributed by atoms with Crippen LogP contribution in [0.1, 0.15) is 32.4 Å². The Labute approximate surface area is 116 Å². The van der Waals surface area contributed by atoms with Crippen molar-refractivity contribution in [3.8, 4) is 0 Å². The van der Waals surface area contributed by atoms with Gasteiger partial charge in [-0.1, -0.05) is 13.8 Å². The summed E-state index contributed by atoms with van der Waals surface area (Å²) in [5, 5.41) is 3.72. The smallest absolute Gasteiger partial charge is 0.203 e. The first kappa shape index (κ1) is 13.0. The molecule has 0 saturated carbocycles. The number of nitrogens with zero attached hydrogens (tertiary/aromatic N) is 3. The van der Waals surface area contributed by atoms with Gasteiger partial charge in [-0.15, -0.1) is 0 Å². The predicted octanol–water partition coefficient (Wildman–Crippen LogP) is 2.35. The lowest BCUT2D eigenvalue weighted by atomic mass is 9.84. The quantitative estimate of drug-likeness (QED) is 0.904. The highest BCUT2D eigenvalue weighted by atomic mass is 15.3. The maximum atomic E-state index is 4.67. The van der Waals surface area contributed by atoms with Crippen LogP contribution in [0, 0.1) is 18.8 Å². The molecule has 4 heterocycles. The number of rotatable bonds is 4. The van der Waals surface area contributed by atoms with Gasteiger partial charge < -0.3 is 14.8 Å². The summed E-state index contributed by atoms with van der Waals surface area (Å²) < 4.78 is 2.29. The van der Waals surface area contributed by atoms with Gasteiger partial charge in [0.15, 0.2) is 0 Å². The molecule has 1 aromatic rings. The van der Waals surface area contributed by atoms with Crippen LogP contribution in [0.3, 0.4) is 0 Å². The highest BCUT2D eigenvalue weighted by Crippen LogP contribution is 2.29. The van der Waals surface area contributed by atoms with Crippen LogP contribution >= 0.6 is 0 Å². The number of imidazole rings is 1. The number of piperidine rings is 3. The number of hydrogen-bond acceptors (Lipinski definition) is 3. The van der Waals surface area contributed by atoms with Crippen LogP contribution < -0.4 is 5.32 Å². The van der Waals surface area contributed by atoms with Gasteiger partial charge in [0.2, 0.25) is 5.95 Å². The SMILES string of the molecule is Cc1cn(CC(C)C)c(NC2CN3CCC2CC3)n1. The molecule has 0 spiro atoms. The molecule has 1 unspecified atom stereocenters. The minimum Gasteiger partial charge on any atom is -0.351 e. The Morgan fingerprint density at radius 1 is 1.37 bits per heavy atom. The summed E-state index contributed by atoms with van der Waals surface area (Å²) in [6, 6.07) is 0.593. The monoisotopic (exact) mass is 262 g/mol. The minimum atomic E-state index is 0.593. The normalized spacial score (nSPS) is 30.0. The Hall–Kier alpha value is -1.03. The Kier molecular flexibility index (Phi) is 3.52. The van der Waals surface area contributed by atoms with Crippen LogP contribution in [0.2, 0.25) is 0 Å². The van der Waals surface area contributed by atoms with Gasteiger partial charge >= 0.3 is 0 Å². The van der Waals surface area contributed by atoms with Gasteiger partial charge in [-0.05, 0) is 44.7 Å². The van der Waals surface area contributed by atoms with Crippen molar-refractivity contribution < 1.29 is 0 Å². The second-order valence-corrected chi connectivity index (χ2v) is 6.64. The fraction of sp³-hybridized carbons (Fsp3) is 0.800. The molecular formula is C15H26N4. The number of aromatic nitrogens is 2. The molecule has 0 radical (unpaired) electrons. The third kappa shape index (κ3) is 2.78. The molecule has 4 heteroatoms. The molecule has 106 valence electrons. The van der Waals surface area contributed by atoms with E-state index in [1.165, 1.54) is 32.5 Å². The zero-order valence-electron chi connectivity index (χ0n) is 12.4. The molecule has 3 fully saturated rings. The average Bonchev–Trinajstić information content (AvgIpc) is 2.70. The summed E-state index contributed by atoms with van der Waals surface area (Å²) in [5.41, 5.74) is 1.12. The zero-order valence-corrected chi connectivity index (χ0v) is 12.4. The minimum absolute atomic E-state index is 0.593. The van der Waals surface area contributed by atoms with Gasteiger partial charge in [0.25, 0.3) is 0 Å². The molecule has 1 atom stereocenters. The summed E-state index contributed by atoms with van der Waals surface area (Å²) in [6.45, 7) is 11.4. The summed E-state index contributed by atoms with van der Waals surface area (Å²) >= 11 is 0. The number of fused-ring (bicyclic) bond motifs is 3. The van der Waals surface area contributed by atoms with E-state index in [0.29, 0.717) is 12.0 Å². The summed E-state index contributed by atoms with van der Waals surface area (Å²) in [5.74, 6) is 2.57. The van der Waals surface area contributed by atoms with Crippen LogP contribution in [0.25, 0.3) is 0 Å². The Morgan fingerprint density at radius 2 is 2.11 bits per heavy atom. The highest BCUT2D eigenvalue weighted by Gasteiger charge is 2.34. The van der Waals surface area contributed by atoms with Crippen molar-refractivity contribution in [3.05, 3.63) is 11.9 Å². The molecular weight excluding hydrogens is 236 g/mol. The molecule has 4 rings (SSSR count). The molecule has 1 aromatic heterocycles. The third-order valence-corrected chi connectivity index (χ3v) is 4.43. The number of aryl methyl sites for hydroxylation is 1. The van der Waals surface area contributed by atoms with Gasteiger partial charge in [0.1, 0.15) is 0 Å². The van der Waals surface area contributed by atoms with E-state index in [4.69, 9.17) is 0 Å². The van der Waals surface area contributed by atoms with E-state index in [-0.39, 0.29) is 0 Å². The average molecular weight is 262 g/mol. The van der Waals surface area contributed by atoms with Crippen LogP contribution in [0.15, 0.2) is 6.20 Å². The van der Waals surface area contributed by atoms with Crippen molar-refractivity contribution >= 4 is 5.95 Å². The van der Waals surface area contributed by atoms with Crippen LogP contribution in [0.4, 0.5) is 5.95 Å². The predicted molar refractivity (Wildman–Crippen MR) is 78.4 cm³/mol. The molecule has 0 amide bonds. The van der Waals surface area contributed by atoms with Crippen molar-refractivity contribution in [3.63, 3.8) is 0 Å². The van der Waals surface area contributed by atoms with Gasteiger partial charge in [-0.25, -0.2) is 4.98 Å². The Balaban J connectivity index is 1.72. The largest absolute Gasteiger partial charge is 0.351 e. The standard InChI is InChI=1S/C15H26N4/c1-11(2)8-19-9-12(3)16-15(19)17-14-10-18-6-4-13(14)5-7-18/h9,11,13-14H,4-8,10H2,1-3H3,(H,16,17). The molecule has 0 aliphatic carbocycles. The van der Waals surface area contributed by atoms with Crippen LogP contribution in [-0.4, -0.2) is 40.1 Å². The van der Waals surface area contributed by atoms with E-state index in [1.807, 2.05) is 0 Å². The van der Waals surface area contributed by atoms with Crippen LogP contribution in [-0.2, 0) is 6.54 Å². The van der Waals surface area contributed by atoms with E-state index in [9.17, 15) is 0 Å². The highest BCUT2D eigenvalue weighted by molar-refractivity contribution is 5.31. The molecule has 3 aliphatic rings. The van der Waals surface area contributed by atoms with Crippen molar-refractivity contribution in [1.82, 2.24) is 14.5 Å². The van der Waals surface area contributed by atoms with E-state index < -0.39 is 0 Å². The molecule has 1 N–H and O–H groups in total. The van der Waals surface area contributed by atoms with E-state index in [0.717, 1.165) is 24.1 Å². The lowest BCUT2D eigenvalue weighted by Gasteiger charge is -2.45. The van der Waals surface area contributed by atoms with Crippen molar-refractivity contribution in [2.24, 2.45) is 11.8 Å². The fourth-order valence-corrected chi connectivity index (χ4v) is 3.49. The van der Waals surface area contributed by atoms with E-state index in [2.05, 4.69) is 46.7 Å². The molecule has 19 heavy (non-hydrogen) atoms. The van der Waals surface area contributed by atoms with E-state index >= 15 is 0 Å². The lowest BCUT2D eigenvalue weighted by Crippen LogP contribution is -2.53. The molecule has 2 bridgehead atoms. The first-order chi connectivity index (χ1) is 9.11. The van der Waals surface area contributed by atoms with Crippen molar-refractivity contribution in [1.29, 1.82) is 0 Å². The summed E-state index contributed by atoms with van der Waals surface area (Å²) in [7, 11) is 0. The van der Waals surface area contributed by atoms with Gasteiger partial charge in [0.05, 0.1) is 5.69 Å². The Bertz CT molecular complexity index is 429. The molecule has 4 nitrogen and oxygen atoms in total. The second kappa shape index (κ2) is 5.16. The van der Waals surface area contributed by atoms with Gasteiger partial charge in [0, 0.05) is 25.3 Å². The topological polar surface area (TPSA) is 33.1 Å². The molecule has 3 saturated heterocycles. The van der Waals surface area contributed by atoms with E-state index in [1.54, 1.807) is 0 Å². The lowest BCUT2D eigenvalue weighted by molar-refractivity contribution is 0.0970. The maximum absolute atomic E-state index is 4.67. The van der Waals surface area contributed by atoms with Crippen molar-refractivity contribution in [2.45, 2.75) is 46.2 Å². The first-order valence-electron chi connectivity index (χ1n) is 7.64.